The highest BCUT2D eigenvalue weighted by Gasteiger charge is 2.10. The smallest absolute Gasteiger partial charge is 0.272 e. The van der Waals surface area contributed by atoms with Crippen molar-refractivity contribution in [1.82, 2.24) is 24.5 Å². The number of nitrogens with one attached hydrogen (secondary N) is 2. The summed E-state index contributed by atoms with van der Waals surface area (Å²) in [6, 6.07) is 1.81. The van der Waals surface area contributed by atoms with Crippen molar-refractivity contribution in [3.8, 4) is 0 Å². The minimum atomic E-state index is -0.223. The van der Waals surface area contributed by atoms with Crippen LogP contribution in [0, 0.1) is 4.77 Å². The van der Waals surface area contributed by atoms with Crippen molar-refractivity contribution in [3.63, 3.8) is 0 Å². The zero-order chi connectivity index (χ0) is 10.8. The van der Waals surface area contributed by atoms with Crippen LogP contribution in [-0.2, 0) is 6.54 Å². The van der Waals surface area contributed by atoms with Crippen LogP contribution in [0.4, 0.5) is 0 Å². The van der Waals surface area contributed by atoms with E-state index < -0.39 is 0 Å². The average molecular weight is 225 g/mol. The van der Waals surface area contributed by atoms with Gasteiger partial charge in [0.05, 0.1) is 12.6 Å². The molecule has 2 aromatic rings. The Morgan fingerprint density at radius 1 is 1.60 bits per heavy atom. The van der Waals surface area contributed by atoms with Gasteiger partial charge in [-0.15, -0.1) is 0 Å². The summed E-state index contributed by atoms with van der Waals surface area (Å²) in [5, 5.41) is 9.13. The van der Waals surface area contributed by atoms with Gasteiger partial charge in [-0.25, -0.2) is 9.89 Å². The molecule has 80 valence electrons. The summed E-state index contributed by atoms with van der Waals surface area (Å²) in [6.07, 6.45) is 3.55. The Morgan fingerprint density at radius 3 is 2.93 bits per heavy atom. The molecule has 2 aromatic heterocycles. The molecular formula is C8H11N5OS. The molecule has 0 spiro atoms. The summed E-state index contributed by atoms with van der Waals surface area (Å²) in [4.78, 5) is 11.4. The lowest BCUT2D eigenvalue weighted by Crippen LogP contribution is -2.24. The lowest BCUT2D eigenvalue weighted by molar-refractivity contribution is 0.425. The third-order valence-corrected chi connectivity index (χ3v) is 2.46. The fourth-order valence-electron chi connectivity index (χ4n) is 1.48. The number of H-pyrrole nitrogens is 2. The molecule has 0 aliphatic heterocycles. The van der Waals surface area contributed by atoms with E-state index in [0.717, 1.165) is 0 Å². The van der Waals surface area contributed by atoms with Gasteiger partial charge in [0.1, 0.15) is 0 Å². The maximum Gasteiger partial charge on any atom is 0.342 e. The zero-order valence-electron chi connectivity index (χ0n) is 8.17. The van der Waals surface area contributed by atoms with E-state index >= 15 is 0 Å². The summed E-state index contributed by atoms with van der Waals surface area (Å²) < 4.78 is 3.66. The fraction of sp³-hybridized carbons (Fsp3) is 0.375. The number of nitrogens with zero attached hydrogens (tertiary/aromatic N) is 3. The standard InChI is InChI=1S/C8H11N5OS/c1-6(5-12-4-2-3-9-12)13-7(14)10-11-8(13)15/h2-4,6H,5H2,1H3,(H,10,14)(H,11,15). The van der Waals surface area contributed by atoms with Crippen molar-refractivity contribution in [1.29, 1.82) is 0 Å². The Balaban J connectivity index is 2.26. The first-order valence-corrected chi connectivity index (χ1v) is 4.96. The monoisotopic (exact) mass is 225 g/mol. The van der Waals surface area contributed by atoms with E-state index in [1.165, 1.54) is 4.57 Å². The quantitative estimate of drug-likeness (QED) is 0.755. The Labute approximate surface area is 90.5 Å². The van der Waals surface area contributed by atoms with Gasteiger partial charge in [0.15, 0.2) is 4.77 Å². The van der Waals surface area contributed by atoms with E-state index in [4.69, 9.17) is 12.2 Å². The van der Waals surface area contributed by atoms with Crippen LogP contribution in [0.3, 0.4) is 0 Å². The van der Waals surface area contributed by atoms with Crippen LogP contribution in [0.2, 0.25) is 0 Å². The Bertz CT molecular complexity index is 506. The largest absolute Gasteiger partial charge is 0.342 e. The molecule has 0 fully saturated rings. The maximum atomic E-state index is 11.4. The van der Waals surface area contributed by atoms with Crippen LogP contribution in [0.25, 0.3) is 0 Å². The first-order chi connectivity index (χ1) is 7.18. The summed E-state index contributed by atoms with van der Waals surface area (Å²) in [7, 11) is 0. The zero-order valence-corrected chi connectivity index (χ0v) is 8.99. The number of hydrogen-bond donors (Lipinski definition) is 2. The van der Waals surface area contributed by atoms with Gasteiger partial charge in [-0.3, -0.25) is 14.3 Å². The van der Waals surface area contributed by atoms with Crippen LogP contribution in [0.5, 0.6) is 0 Å². The van der Waals surface area contributed by atoms with E-state index in [2.05, 4.69) is 15.3 Å². The predicted molar refractivity (Wildman–Crippen MR) is 57.2 cm³/mol. The lowest BCUT2D eigenvalue weighted by Gasteiger charge is -2.11. The SMILES string of the molecule is CC(Cn1cccn1)n1c(=O)[nH][nH]c1=S. The van der Waals surface area contributed by atoms with Crippen LogP contribution < -0.4 is 5.69 Å². The number of aromatic nitrogens is 5. The highest BCUT2D eigenvalue weighted by Crippen LogP contribution is 2.04. The van der Waals surface area contributed by atoms with Crippen LogP contribution in [0.1, 0.15) is 13.0 Å². The van der Waals surface area contributed by atoms with Crippen molar-refractivity contribution in [2.45, 2.75) is 19.5 Å². The second-order valence-electron chi connectivity index (χ2n) is 3.31. The first kappa shape index (κ1) is 9.91. The maximum absolute atomic E-state index is 11.4. The van der Waals surface area contributed by atoms with Crippen molar-refractivity contribution < 1.29 is 0 Å². The van der Waals surface area contributed by atoms with E-state index in [1.54, 1.807) is 10.9 Å². The second-order valence-corrected chi connectivity index (χ2v) is 3.69. The molecule has 0 aliphatic carbocycles. The molecule has 0 amide bonds. The lowest BCUT2D eigenvalue weighted by atomic mass is 10.3. The number of aromatic amines is 2. The predicted octanol–water partition coefficient (Wildman–Crippen LogP) is 0.692. The average Bonchev–Trinajstić information content (AvgIpc) is 2.77. The highest BCUT2D eigenvalue weighted by atomic mass is 32.1. The highest BCUT2D eigenvalue weighted by molar-refractivity contribution is 7.71. The van der Waals surface area contributed by atoms with E-state index in [-0.39, 0.29) is 11.7 Å². The van der Waals surface area contributed by atoms with Crippen molar-refractivity contribution >= 4 is 12.2 Å². The van der Waals surface area contributed by atoms with E-state index in [1.807, 2.05) is 19.2 Å². The topological polar surface area (TPSA) is 71.4 Å². The van der Waals surface area contributed by atoms with Crippen molar-refractivity contribution in [3.05, 3.63) is 33.7 Å². The normalized spacial score (nSPS) is 12.9. The van der Waals surface area contributed by atoms with Gasteiger partial charge < -0.3 is 0 Å². The van der Waals surface area contributed by atoms with Gasteiger partial charge in [-0.2, -0.15) is 5.10 Å². The minimum Gasteiger partial charge on any atom is -0.272 e. The molecule has 15 heavy (non-hydrogen) atoms. The Morgan fingerprint density at radius 2 is 2.40 bits per heavy atom. The Kier molecular flexibility index (Phi) is 2.55. The molecule has 0 saturated heterocycles. The van der Waals surface area contributed by atoms with E-state index in [0.29, 0.717) is 11.3 Å². The molecular weight excluding hydrogens is 214 g/mol. The molecule has 2 rings (SSSR count). The summed E-state index contributed by atoms with van der Waals surface area (Å²) >= 11 is 4.99. The van der Waals surface area contributed by atoms with Crippen LogP contribution in [0.15, 0.2) is 23.3 Å². The van der Waals surface area contributed by atoms with Crippen LogP contribution in [-0.4, -0.2) is 24.5 Å². The Hall–Kier alpha value is -1.63. The molecule has 2 heterocycles. The van der Waals surface area contributed by atoms with Crippen LogP contribution >= 0.6 is 12.2 Å². The molecule has 1 atom stereocenters. The van der Waals surface area contributed by atoms with Gasteiger partial charge in [0, 0.05) is 12.4 Å². The molecule has 1 unspecified atom stereocenters. The van der Waals surface area contributed by atoms with Gasteiger partial charge in [0.25, 0.3) is 0 Å². The summed E-state index contributed by atoms with van der Waals surface area (Å²) in [5.74, 6) is 0. The van der Waals surface area contributed by atoms with Gasteiger partial charge in [-0.1, -0.05) is 0 Å². The number of hydrogen-bond acceptors (Lipinski definition) is 3. The number of rotatable bonds is 3. The fourth-order valence-corrected chi connectivity index (χ4v) is 1.79. The molecule has 0 saturated carbocycles. The van der Waals surface area contributed by atoms with Gasteiger partial charge >= 0.3 is 5.69 Å². The molecule has 0 radical (unpaired) electrons. The molecule has 0 bridgehead atoms. The second kappa shape index (κ2) is 3.85. The minimum absolute atomic E-state index is 0.0348. The molecule has 0 aromatic carbocycles. The third-order valence-electron chi connectivity index (χ3n) is 2.17. The summed E-state index contributed by atoms with van der Waals surface area (Å²) in [5.41, 5.74) is -0.223. The molecule has 2 N–H and O–H groups in total. The van der Waals surface area contributed by atoms with Gasteiger partial charge in [-0.05, 0) is 25.2 Å². The first-order valence-electron chi connectivity index (χ1n) is 4.55. The van der Waals surface area contributed by atoms with E-state index in [9.17, 15) is 4.79 Å². The molecule has 0 aliphatic rings. The third kappa shape index (κ3) is 1.91. The van der Waals surface area contributed by atoms with Crippen molar-refractivity contribution in [2.75, 3.05) is 0 Å². The van der Waals surface area contributed by atoms with Crippen molar-refractivity contribution in [2.24, 2.45) is 0 Å². The molecule has 6 nitrogen and oxygen atoms in total. The summed E-state index contributed by atoms with van der Waals surface area (Å²) in [6.45, 7) is 2.53. The van der Waals surface area contributed by atoms with Gasteiger partial charge in [0.2, 0.25) is 0 Å². The molecule has 7 heteroatoms.